The summed E-state index contributed by atoms with van der Waals surface area (Å²) >= 11 is 0. The Labute approximate surface area is 107 Å². The monoisotopic (exact) mass is 249 g/mol. The molecule has 1 aromatic rings. The van der Waals surface area contributed by atoms with Crippen LogP contribution in [-0.2, 0) is 16.0 Å². The van der Waals surface area contributed by atoms with Gasteiger partial charge in [0.1, 0.15) is 6.04 Å². The van der Waals surface area contributed by atoms with Crippen molar-refractivity contribution in [2.24, 2.45) is 0 Å². The molecule has 0 aliphatic heterocycles. The maximum atomic E-state index is 11.6. The van der Waals surface area contributed by atoms with Crippen LogP contribution in [0.2, 0.25) is 0 Å². The highest BCUT2D eigenvalue weighted by Gasteiger charge is 2.18. The fourth-order valence-electron chi connectivity index (χ4n) is 1.72. The molecule has 0 aliphatic rings. The summed E-state index contributed by atoms with van der Waals surface area (Å²) in [6, 6.07) is 8.90. The van der Waals surface area contributed by atoms with Gasteiger partial charge in [-0.05, 0) is 18.4 Å². The number of carboxylic acid groups (broad SMARTS) is 1. The van der Waals surface area contributed by atoms with Crippen molar-refractivity contribution in [1.29, 1.82) is 0 Å². The number of nitrogens with one attached hydrogen (secondary N) is 1. The molecule has 4 heteroatoms. The number of aryl methyl sites for hydroxylation is 1. The van der Waals surface area contributed by atoms with Gasteiger partial charge in [0.15, 0.2) is 0 Å². The molecule has 0 saturated carbocycles. The van der Waals surface area contributed by atoms with Gasteiger partial charge in [0.05, 0.1) is 0 Å². The van der Waals surface area contributed by atoms with E-state index in [0.717, 1.165) is 12.0 Å². The molecule has 0 heterocycles. The first-order valence-electron chi connectivity index (χ1n) is 6.19. The quantitative estimate of drug-likeness (QED) is 0.776. The Balaban J connectivity index is 2.39. The molecule has 4 nitrogen and oxygen atoms in total. The summed E-state index contributed by atoms with van der Waals surface area (Å²) in [6.07, 6.45) is 2.14. The van der Waals surface area contributed by atoms with E-state index >= 15 is 0 Å². The second kappa shape index (κ2) is 7.48. The van der Waals surface area contributed by atoms with E-state index in [-0.39, 0.29) is 5.91 Å². The largest absolute Gasteiger partial charge is 0.480 e. The van der Waals surface area contributed by atoms with E-state index in [0.29, 0.717) is 19.3 Å². The predicted molar refractivity (Wildman–Crippen MR) is 69.2 cm³/mol. The van der Waals surface area contributed by atoms with Crippen molar-refractivity contribution < 1.29 is 14.7 Å². The van der Waals surface area contributed by atoms with Gasteiger partial charge in [-0.3, -0.25) is 4.79 Å². The van der Waals surface area contributed by atoms with Crippen LogP contribution < -0.4 is 5.32 Å². The van der Waals surface area contributed by atoms with Gasteiger partial charge in [-0.1, -0.05) is 43.7 Å². The lowest BCUT2D eigenvalue weighted by molar-refractivity contribution is -0.142. The molecule has 2 N–H and O–H groups in total. The summed E-state index contributed by atoms with van der Waals surface area (Å²) in [5, 5.41) is 11.5. The minimum atomic E-state index is -0.968. The van der Waals surface area contributed by atoms with E-state index in [4.69, 9.17) is 5.11 Å². The molecule has 0 fully saturated rings. The first-order valence-corrected chi connectivity index (χ1v) is 6.19. The Morgan fingerprint density at radius 2 is 1.94 bits per heavy atom. The third-order valence-corrected chi connectivity index (χ3v) is 2.69. The van der Waals surface area contributed by atoms with E-state index in [1.807, 2.05) is 37.3 Å². The number of benzene rings is 1. The first kappa shape index (κ1) is 14.2. The zero-order chi connectivity index (χ0) is 13.4. The van der Waals surface area contributed by atoms with Crippen LogP contribution in [0.15, 0.2) is 30.3 Å². The topological polar surface area (TPSA) is 66.4 Å². The lowest BCUT2D eigenvalue weighted by atomic mass is 10.1. The SMILES string of the molecule is CCC[C@@H](NC(=O)CCc1ccccc1)C(=O)O. The highest BCUT2D eigenvalue weighted by Crippen LogP contribution is 2.03. The lowest BCUT2D eigenvalue weighted by Crippen LogP contribution is -2.40. The molecule has 0 spiro atoms. The highest BCUT2D eigenvalue weighted by atomic mass is 16.4. The Hall–Kier alpha value is -1.84. The zero-order valence-electron chi connectivity index (χ0n) is 10.6. The minimum Gasteiger partial charge on any atom is -0.480 e. The van der Waals surface area contributed by atoms with E-state index in [1.165, 1.54) is 0 Å². The summed E-state index contributed by atoms with van der Waals surface area (Å²) in [7, 11) is 0. The van der Waals surface area contributed by atoms with Gasteiger partial charge in [-0.25, -0.2) is 4.79 Å². The minimum absolute atomic E-state index is 0.209. The van der Waals surface area contributed by atoms with Gasteiger partial charge in [0.25, 0.3) is 0 Å². The van der Waals surface area contributed by atoms with Crippen molar-refractivity contribution in [3.8, 4) is 0 Å². The predicted octanol–water partition coefficient (Wildman–Crippen LogP) is 1.99. The first-order chi connectivity index (χ1) is 8.63. The Morgan fingerprint density at radius 1 is 1.28 bits per heavy atom. The molecular weight excluding hydrogens is 230 g/mol. The summed E-state index contributed by atoms with van der Waals surface area (Å²) in [6.45, 7) is 1.89. The second-order valence-corrected chi connectivity index (χ2v) is 4.23. The molecule has 18 heavy (non-hydrogen) atoms. The van der Waals surface area contributed by atoms with Crippen molar-refractivity contribution in [3.05, 3.63) is 35.9 Å². The molecular formula is C14H19NO3. The van der Waals surface area contributed by atoms with Crippen LogP contribution in [0.3, 0.4) is 0 Å². The average molecular weight is 249 g/mol. The fraction of sp³-hybridized carbons (Fsp3) is 0.429. The number of carbonyl (C=O) groups excluding carboxylic acids is 1. The molecule has 0 unspecified atom stereocenters. The van der Waals surface area contributed by atoms with Crippen LogP contribution in [0, 0.1) is 0 Å². The van der Waals surface area contributed by atoms with Crippen LogP contribution in [-0.4, -0.2) is 23.0 Å². The molecule has 0 saturated heterocycles. The number of carboxylic acids is 1. The van der Waals surface area contributed by atoms with Crippen LogP contribution in [0.4, 0.5) is 0 Å². The lowest BCUT2D eigenvalue weighted by Gasteiger charge is -2.13. The van der Waals surface area contributed by atoms with E-state index in [1.54, 1.807) is 0 Å². The molecule has 0 aromatic heterocycles. The van der Waals surface area contributed by atoms with Gasteiger partial charge in [-0.15, -0.1) is 0 Å². The van der Waals surface area contributed by atoms with Crippen molar-refractivity contribution in [3.63, 3.8) is 0 Å². The summed E-state index contributed by atoms with van der Waals surface area (Å²) in [4.78, 5) is 22.5. The van der Waals surface area contributed by atoms with E-state index in [2.05, 4.69) is 5.32 Å². The number of amides is 1. The van der Waals surface area contributed by atoms with Crippen molar-refractivity contribution in [1.82, 2.24) is 5.32 Å². The molecule has 1 amide bonds. The third kappa shape index (κ3) is 4.99. The summed E-state index contributed by atoms with van der Waals surface area (Å²) in [5.41, 5.74) is 1.08. The molecule has 1 aromatic carbocycles. The zero-order valence-corrected chi connectivity index (χ0v) is 10.6. The highest BCUT2D eigenvalue weighted by molar-refractivity contribution is 5.83. The van der Waals surface area contributed by atoms with Crippen LogP contribution in [0.5, 0.6) is 0 Å². The number of carbonyl (C=O) groups is 2. The van der Waals surface area contributed by atoms with Crippen molar-refractivity contribution in [2.75, 3.05) is 0 Å². The van der Waals surface area contributed by atoms with Crippen molar-refractivity contribution in [2.45, 2.75) is 38.6 Å². The van der Waals surface area contributed by atoms with E-state index < -0.39 is 12.0 Å². The normalized spacial score (nSPS) is 11.8. The number of aliphatic carboxylic acids is 1. The van der Waals surface area contributed by atoms with Gasteiger partial charge in [0, 0.05) is 6.42 Å². The van der Waals surface area contributed by atoms with Crippen LogP contribution in [0.25, 0.3) is 0 Å². The Bertz CT molecular complexity index is 389. The number of rotatable bonds is 7. The van der Waals surface area contributed by atoms with Crippen molar-refractivity contribution >= 4 is 11.9 Å². The average Bonchev–Trinajstić information content (AvgIpc) is 2.37. The summed E-state index contributed by atoms with van der Waals surface area (Å²) in [5.74, 6) is -1.18. The number of hydrogen-bond donors (Lipinski definition) is 2. The summed E-state index contributed by atoms with van der Waals surface area (Å²) < 4.78 is 0. The maximum Gasteiger partial charge on any atom is 0.326 e. The van der Waals surface area contributed by atoms with Gasteiger partial charge >= 0.3 is 5.97 Å². The molecule has 1 atom stereocenters. The Morgan fingerprint density at radius 3 is 2.50 bits per heavy atom. The molecule has 98 valence electrons. The molecule has 0 bridgehead atoms. The fourth-order valence-corrected chi connectivity index (χ4v) is 1.72. The molecule has 0 radical (unpaired) electrons. The van der Waals surface area contributed by atoms with Gasteiger partial charge in [0.2, 0.25) is 5.91 Å². The second-order valence-electron chi connectivity index (χ2n) is 4.23. The maximum absolute atomic E-state index is 11.6. The third-order valence-electron chi connectivity index (χ3n) is 2.69. The molecule has 0 aliphatic carbocycles. The van der Waals surface area contributed by atoms with Crippen LogP contribution in [0.1, 0.15) is 31.7 Å². The smallest absolute Gasteiger partial charge is 0.326 e. The Kier molecular flexibility index (Phi) is 5.91. The standard InChI is InChI=1S/C14H19NO3/c1-2-6-12(14(17)18)15-13(16)10-9-11-7-4-3-5-8-11/h3-5,7-8,12H,2,6,9-10H2,1H3,(H,15,16)(H,17,18)/t12-/m1/s1. The van der Waals surface area contributed by atoms with Gasteiger partial charge in [-0.2, -0.15) is 0 Å². The molecule has 1 rings (SSSR count). The number of hydrogen-bond acceptors (Lipinski definition) is 2. The van der Waals surface area contributed by atoms with E-state index in [9.17, 15) is 9.59 Å². The van der Waals surface area contributed by atoms with Gasteiger partial charge < -0.3 is 10.4 Å². The van der Waals surface area contributed by atoms with Crippen LogP contribution >= 0.6 is 0 Å².